The molecule has 0 unspecified atom stereocenters. The van der Waals surface area contributed by atoms with Gasteiger partial charge in [-0.05, 0) is 74.4 Å². The molecule has 3 aromatic rings. The van der Waals surface area contributed by atoms with E-state index in [1.54, 1.807) is 29.7 Å². The van der Waals surface area contributed by atoms with Gasteiger partial charge in [-0.3, -0.25) is 4.79 Å². The van der Waals surface area contributed by atoms with E-state index in [2.05, 4.69) is 16.4 Å². The van der Waals surface area contributed by atoms with Gasteiger partial charge in [0.15, 0.2) is 0 Å². The summed E-state index contributed by atoms with van der Waals surface area (Å²) < 4.78 is 13.1. The monoisotopic (exact) mass is 406 g/mol. The molecule has 4 rings (SSSR count). The standard InChI is InChI=1S/C24H23FN2OS/c1-15-7-12-20(16(2)13-15)27-23(28)22-19-5-3-4-6-21(19)29-24(22)26-14-17-8-10-18(25)11-9-17/h7-14H,3-6H2,1-2H3,(H,27,28)/b26-14-. The number of halogens is 1. The molecular weight excluding hydrogens is 383 g/mol. The SMILES string of the molecule is Cc1ccc(NC(=O)c2c(/N=C\c3ccc(F)cc3)sc3c2CCCC3)c(C)c1. The maximum absolute atomic E-state index is 13.2. The van der Waals surface area contributed by atoms with E-state index in [0.29, 0.717) is 5.56 Å². The minimum Gasteiger partial charge on any atom is -0.322 e. The molecule has 0 bridgehead atoms. The van der Waals surface area contributed by atoms with Crippen molar-refractivity contribution in [2.75, 3.05) is 5.32 Å². The number of aryl methyl sites for hydroxylation is 3. The van der Waals surface area contributed by atoms with Crippen LogP contribution in [0.15, 0.2) is 47.5 Å². The van der Waals surface area contributed by atoms with Gasteiger partial charge in [-0.15, -0.1) is 11.3 Å². The highest BCUT2D eigenvalue weighted by Gasteiger charge is 2.25. The van der Waals surface area contributed by atoms with Crippen molar-refractivity contribution in [1.82, 2.24) is 0 Å². The van der Waals surface area contributed by atoms with Gasteiger partial charge in [0.05, 0.1) is 5.56 Å². The normalized spacial score (nSPS) is 13.5. The van der Waals surface area contributed by atoms with Gasteiger partial charge in [-0.2, -0.15) is 0 Å². The Morgan fingerprint density at radius 2 is 1.86 bits per heavy atom. The number of aliphatic imine (C=N–C) groups is 1. The molecule has 0 aliphatic heterocycles. The van der Waals surface area contributed by atoms with Crippen LogP contribution in [-0.4, -0.2) is 12.1 Å². The van der Waals surface area contributed by atoms with E-state index in [9.17, 15) is 9.18 Å². The van der Waals surface area contributed by atoms with Crippen LogP contribution in [0, 0.1) is 19.7 Å². The largest absolute Gasteiger partial charge is 0.322 e. The van der Waals surface area contributed by atoms with Crippen LogP contribution >= 0.6 is 11.3 Å². The zero-order valence-electron chi connectivity index (χ0n) is 16.6. The topological polar surface area (TPSA) is 41.5 Å². The molecule has 0 saturated carbocycles. The second-order valence-electron chi connectivity index (χ2n) is 7.47. The van der Waals surface area contributed by atoms with E-state index in [1.807, 2.05) is 26.0 Å². The molecule has 0 fully saturated rings. The molecule has 0 radical (unpaired) electrons. The van der Waals surface area contributed by atoms with Gasteiger partial charge in [0.1, 0.15) is 10.8 Å². The van der Waals surface area contributed by atoms with Crippen molar-refractivity contribution in [3.63, 3.8) is 0 Å². The summed E-state index contributed by atoms with van der Waals surface area (Å²) in [5.41, 5.74) is 5.65. The van der Waals surface area contributed by atoms with Crippen LogP contribution in [0.4, 0.5) is 15.1 Å². The molecule has 1 amide bonds. The van der Waals surface area contributed by atoms with Crippen molar-refractivity contribution in [1.29, 1.82) is 0 Å². The van der Waals surface area contributed by atoms with Gasteiger partial charge in [0.2, 0.25) is 0 Å². The molecule has 148 valence electrons. The van der Waals surface area contributed by atoms with Gasteiger partial charge < -0.3 is 5.32 Å². The first-order chi connectivity index (χ1) is 14.0. The second kappa shape index (κ2) is 8.29. The zero-order chi connectivity index (χ0) is 20.4. The third kappa shape index (κ3) is 4.30. The lowest BCUT2D eigenvalue weighted by Gasteiger charge is -2.14. The fourth-order valence-electron chi connectivity index (χ4n) is 3.70. The summed E-state index contributed by atoms with van der Waals surface area (Å²) in [5, 5.41) is 3.81. The Morgan fingerprint density at radius 3 is 2.62 bits per heavy atom. The van der Waals surface area contributed by atoms with Gasteiger partial charge in [0.25, 0.3) is 5.91 Å². The molecule has 0 spiro atoms. The van der Waals surface area contributed by atoms with E-state index < -0.39 is 0 Å². The summed E-state index contributed by atoms with van der Waals surface area (Å²) in [6.45, 7) is 4.04. The van der Waals surface area contributed by atoms with Crippen LogP contribution in [0.2, 0.25) is 0 Å². The maximum atomic E-state index is 13.2. The summed E-state index contributed by atoms with van der Waals surface area (Å²) >= 11 is 1.60. The van der Waals surface area contributed by atoms with Gasteiger partial charge in [-0.25, -0.2) is 9.38 Å². The van der Waals surface area contributed by atoms with E-state index in [1.165, 1.54) is 17.0 Å². The minimum absolute atomic E-state index is 0.109. The Balaban J connectivity index is 1.68. The molecule has 29 heavy (non-hydrogen) atoms. The van der Waals surface area contributed by atoms with Crippen molar-refractivity contribution in [3.8, 4) is 0 Å². The highest BCUT2D eigenvalue weighted by Crippen LogP contribution is 2.40. The van der Waals surface area contributed by atoms with E-state index in [4.69, 9.17) is 0 Å². The first kappa shape index (κ1) is 19.5. The predicted molar refractivity (Wildman–Crippen MR) is 118 cm³/mol. The Hall–Kier alpha value is -2.79. The molecule has 1 heterocycles. The number of benzene rings is 2. The van der Waals surface area contributed by atoms with Crippen molar-refractivity contribution < 1.29 is 9.18 Å². The van der Waals surface area contributed by atoms with Crippen LogP contribution in [0.3, 0.4) is 0 Å². The molecule has 1 aliphatic carbocycles. The number of carbonyl (C=O) groups is 1. The van der Waals surface area contributed by atoms with Crippen molar-refractivity contribution in [3.05, 3.63) is 81.0 Å². The molecule has 5 heteroatoms. The first-order valence-electron chi connectivity index (χ1n) is 9.84. The Labute approximate surface area is 174 Å². The van der Waals surface area contributed by atoms with E-state index >= 15 is 0 Å². The third-order valence-electron chi connectivity index (χ3n) is 5.21. The fourth-order valence-corrected chi connectivity index (χ4v) is 4.93. The van der Waals surface area contributed by atoms with Crippen molar-refractivity contribution >= 4 is 34.1 Å². The molecule has 2 aromatic carbocycles. The van der Waals surface area contributed by atoms with Crippen LogP contribution in [0.1, 0.15) is 50.3 Å². The van der Waals surface area contributed by atoms with Gasteiger partial charge >= 0.3 is 0 Å². The average molecular weight is 407 g/mol. The minimum atomic E-state index is -0.276. The van der Waals surface area contributed by atoms with Gasteiger partial charge in [-0.1, -0.05) is 29.8 Å². The zero-order valence-corrected chi connectivity index (χ0v) is 17.4. The Kier molecular flexibility index (Phi) is 5.58. The lowest BCUT2D eigenvalue weighted by atomic mass is 9.95. The van der Waals surface area contributed by atoms with E-state index in [-0.39, 0.29) is 11.7 Å². The predicted octanol–water partition coefficient (Wildman–Crippen LogP) is 6.39. The van der Waals surface area contributed by atoms with Gasteiger partial charge in [0, 0.05) is 16.8 Å². The first-order valence-corrected chi connectivity index (χ1v) is 10.7. The molecule has 3 nitrogen and oxygen atoms in total. The molecule has 1 aliphatic rings. The molecule has 1 aromatic heterocycles. The lowest BCUT2D eigenvalue weighted by Crippen LogP contribution is -2.15. The van der Waals surface area contributed by atoms with Crippen LogP contribution in [0.5, 0.6) is 0 Å². The molecule has 0 saturated heterocycles. The number of hydrogen-bond acceptors (Lipinski definition) is 3. The number of hydrogen-bond donors (Lipinski definition) is 1. The number of anilines is 1. The van der Waals surface area contributed by atoms with Crippen LogP contribution < -0.4 is 5.32 Å². The highest BCUT2D eigenvalue weighted by atomic mass is 32.1. The average Bonchev–Trinajstić information content (AvgIpc) is 3.08. The number of amides is 1. The summed E-state index contributed by atoms with van der Waals surface area (Å²) in [6, 6.07) is 12.2. The summed E-state index contributed by atoms with van der Waals surface area (Å²) in [4.78, 5) is 19.1. The number of thiophene rings is 1. The highest BCUT2D eigenvalue weighted by molar-refractivity contribution is 7.16. The Bertz CT molecular complexity index is 1080. The van der Waals surface area contributed by atoms with E-state index in [0.717, 1.165) is 58.6 Å². The summed E-state index contributed by atoms with van der Waals surface area (Å²) in [6.07, 6.45) is 5.84. The molecule has 1 N–H and O–H groups in total. The van der Waals surface area contributed by atoms with Crippen LogP contribution in [-0.2, 0) is 12.8 Å². The summed E-state index contributed by atoms with van der Waals surface area (Å²) in [7, 11) is 0. The lowest BCUT2D eigenvalue weighted by molar-refractivity contribution is 0.102. The number of nitrogens with one attached hydrogen (secondary N) is 1. The third-order valence-corrected chi connectivity index (χ3v) is 6.41. The Morgan fingerprint density at radius 1 is 1.10 bits per heavy atom. The smallest absolute Gasteiger partial charge is 0.259 e. The van der Waals surface area contributed by atoms with Crippen molar-refractivity contribution in [2.45, 2.75) is 39.5 Å². The number of rotatable bonds is 4. The number of nitrogens with zero attached hydrogens (tertiary/aromatic N) is 1. The van der Waals surface area contributed by atoms with Crippen molar-refractivity contribution in [2.24, 2.45) is 4.99 Å². The fraction of sp³-hybridized carbons (Fsp3) is 0.250. The quantitative estimate of drug-likeness (QED) is 0.502. The second-order valence-corrected chi connectivity index (χ2v) is 8.56. The number of carbonyl (C=O) groups excluding carboxylic acids is 1. The van der Waals surface area contributed by atoms with Crippen LogP contribution in [0.25, 0.3) is 0 Å². The molecular formula is C24H23FN2OS. The maximum Gasteiger partial charge on any atom is 0.259 e. The molecule has 0 atom stereocenters. The number of fused-ring (bicyclic) bond motifs is 1. The summed E-state index contributed by atoms with van der Waals surface area (Å²) in [5.74, 6) is -0.384.